The largest absolute Gasteiger partial charge is 0.416 e. The van der Waals surface area contributed by atoms with Crippen molar-refractivity contribution in [3.8, 4) is 11.1 Å². The summed E-state index contributed by atoms with van der Waals surface area (Å²) in [7, 11) is 0. The predicted octanol–water partition coefficient (Wildman–Crippen LogP) is 2.82. The summed E-state index contributed by atoms with van der Waals surface area (Å²) in [5.74, 6) is -0.904. The number of rotatable bonds is 2. The first-order chi connectivity index (χ1) is 13.8. The zero-order valence-corrected chi connectivity index (χ0v) is 14.9. The Morgan fingerprint density at radius 2 is 1.30 bits per heavy atom. The summed E-state index contributed by atoms with van der Waals surface area (Å²) in [6.45, 7) is -0.349. The minimum absolute atomic E-state index is 0.0261. The Balaban J connectivity index is 1.98. The van der Waals surface area contributed by atoms with E-state index in [0.29, 0.717) is 12.1 Å². The number of aliphatic hydroxyl groups is 3. The molecule has 2 aromatic carbocycles. The highest BCUT2D eigenvalue weighted by Crippen LogP contribution is 2.39. The second-order valence-electron chi connectivity index (χ2n) is 6.79. The van der Waals surface area contributed by atoms with Gasteiger partial charge >= 0.3 is 12.4 Å². The average Bonchev–Trinajstić information content (AvgIpc) is 2.67. The number of halogens is 6. The number of β-amino-alcohol motifs (C(OH)–C–C–N with tert-alkyl or cyclic N) is 1. The van der Waals surface area contributed by atoms with E-state index in [1.165, 1.54) is 24.3 Å². The number of hydrogen-bond donors (Lipinski definition) is 3. The summed E-state index contributed by atoms with van der Waals surface area (Å²) in [5, 5.41) is 28.9. The second-order valence-corrected chi connectivity index (χ2v) is 6.79. The van der Waals surface area contributed by atoms with Crippen LogP contribution in [0.3, 0.4) is 0 Å². The molecule has 3 N–H and O–H groups in total. The molecule has 1 saturated heterocycles. The topological polar surface area (TPSA) is 81.0 Å². The van der Waals surface area contributed by atoms with Crippen molar-refractivity contribution in [2.75, 3.05) is 11.4 Å². The van der Waals surface area contributed by atoms with Crippen molar-refractivity contribution in [3.05, 3.63) is 53.6 Å². The molecule has 0 saturated carbocycles. The molecule has 30 heavy (non-hydrogen) atoms. The van der Waals surface area contributed by atoms with Crippen LogP contribution in [-0.2, 0) is 17.1 Å². The van der Waals surface area contributed by atoms with E-state index >= 15 is 0 Å². The third kappa shape index (κ3) is 4.27. The van der Waals surface area contributed by atoms with Crippen molar-refractivity contribution >= 4 is 11.6 Å². The van der Waals surface area contributed by atoms with E-state index in [-0.39, 0.29) is 29.4 Å². The van der Waals surface area contributed by atoms with Gasteiger partial charge in [0.05, 0.1) is 17.7 Å². The van der Waals surface area contributed by atoms with Crippen molar-refractivity contribution in [1.29, 1.82) is 0 Å². The van der Waals surface area contributed by atoms with Crippen LogP contribution in [0.4, 0.5) is 32.0 Å². The van der Waals surface area contributed by atoms with E-state index in [0.717, 1.165) is 4.90 Å². The van der Waals surface area contributed by atoms with Crippen LogP contribution in [0.25, 0.3) is 11.1 Å². The molecule has 0 spiro atoms. The zero-order chi connectivity index (χ0) is 22.4. The number of benzene rings is 2. The molecule has 0 aliphatic carbocycles. The van der Waals surface area contributed by atoms with Gasteiger partial charge in [0.25, 0.3) is 5.91 Å². The normalized spacial score (nSPS) is 23.0. The molecular weight excluding hydrogens is 420 g/mol. The minimum Gasteiger partial charge on any atom is -0.388 e. The van der Waals surface area contributed by atoms with Crippen LogP contribution >= 0.6 is 0 Å². The molecule has 0 unspecified atom stereocenters. The molecule has 1 aliphatic heterocycles. The molecular formula is C19H15F6NO4. The molecule has 0 bridgehead atoms. The quantitative estimate of drug-likeness (QED) is 0.634. The van der Waals surface area contributed by atoms with Crippen molar-refractivity contribution in [1.82, 2.24) is 0 Å². The van der Waals surface area contributed by atoms with Crippen LogP contribution in [-0.4, -0.2) is 46.1 Å². The first kappa shape index (κ1) is 22.1. The van der Waals surface area contributed by atoms with E-state index in [2.05, 4.69) is 0 Å². The summed E-state index contributed by atoms with van der Waals surface area (Å²) in [6.07, 6.45) is -14.9. The number of alkyl halides is 6. The lowest BCUT2D eigenvalue weighted by atomic mass is 9.97. The SMILES string of the molecule is O=C1[C@H](O)[C@H](O)[C@@H](O)CN1c1ccc(-c2cc(C(F)(F)F)cc(C(F)(F)F)c2)cc1. The smallest absolute Gasteiger partial charge is 0.388 e. The number of amides is 1. The monoisotopic (exact) mass is 435 g/mol. The first-order valence-corrected chi connectivity index (χ1v) is 8.54. The fourth-order valence-electron chi connectivity index (χ4n) is 3.09. The van der Waals surface area contributed by atoms with Gasteiger partial charge in [0.15, 0.2) is 6.10 Å². The Bertz CT molecular complexity index is 909. The fourth-order valence-corrected chi connectivity index (χ4v) is 3.09. The van der Waals surface area contributed by atoms with Gasteiger partial charge in [-0.05, 0) is 41.5 Å². The molecule has 1 aliphatic rings. The van der Waals surface area contributed by atoms with Gasteiger partial charge < -0.3 is 20.2 Å². The van der Waals surface area contributed by atoms with Gasteiger partial charge in [0.2, 0.25) is 0 Å². The lowest BCUT2D eigenvalue weighted by molar-refractivity contribution is -0.144. The number of carbonyl (C=O) groups is 1. The summed E-state index contributed by atoms with van der Waals surface area (Å²) < 4.78 is 78.2. The molecule has 3 atom stereocenters. The Morgan fingerprint density at radius 3 is 1.77 bits per heavy atom. The maximum absolute atomic E-state index is 13.0. The predicted molar refractivity (Wildman–Crippen MR) is 92.3 cm³/mol. The van der Waals surface area contributed by atoms with Gasteiger partial charge in [-0.1, -0.05) is 12.1 Å². The summed E-state index contributed by atoms with van der Waals surface area (Å²) >= 11 is 0. The van der Waals surface area contributed by atoms with Crippen LogP contribution in [0.15, 0.2) is 42.5 Å². The lowest BCUT2D eigenvalue weighted by Gasteiger charge is -2.36. The third-order valence-electron chi connectivity index (χ3n) is 4.71. The molecule has 0 aromatic heterocycles. The number of aliphatic hydroxyl groups excluding tert-OH is 3. The Labute approximate surface area is 165 Å². The van der Waals surface area contributed by atoms with Gasteiger partial charge in [0.1, 0.15) is 12.2 Å². The number of nitrogens with zero attached hydrogens (tertiary/aromatic N) is 1. The first-order valence-electron chi connectivity index (χ1n) is 8.54. The number of piperidine rings is 1. The number of carbonyl (C=O) groups excluding carboxylic acids is 1. The summed E-state index contributed by atoms with van der Waals surface area (Å²) in [6, 6.07) is 6.11. The Kier molecular flexibility index (Phi) is 5.56. The molecule has 3 rings (SSSR count). The minimum atomic E-state index is -4.98. The van der Waals surface area contributed by atoms with Gasteiger partial charge in [0, 0.05) is 5.69 Å². The summed E-state index contributed by atoms with van der Waals surface area (Å²) in [4.78, 5) is 13.1. The van der Waals surface area contributed by atoms with Gasteiger partial charge in [-0.15, -0.1) is 0 Å². The molecule has 2 aromatic rings. The number of hydrogen-bond acceptors (Lipinski definition) is 4. The van der Waals surface area contributed by atoms with Crippen LogP contribution in [0.1, 0.15) is 11.1 Å². The average molecular weight is 435 g/mol. The summed E-state index contributed by atoms with van der Waals surface area (Å²) in [5.41, 5.74) is -3.08. The molecule has 162 valence electrons. The van der Waals surface area contributed by atoms with E-state index in [1.54, 1.807) is 0 Å². The maximum Gasteiger partial charge on any atom is 0.416 e. The fraction of sp³-hybridized carbons (Fsp3) is 0.316. The van der Waals surface area contributed by atoms with Crippen LogP contribution in [0, 0.1) is 0 Å². The van der Waals surface area contributed by atoms with E-state index in [9.17, 15) is 46.5 Å². The highest BCUT2D eigenvalue weighted by Gasteiger charge is 2.41. The van der Waals surface area contributed by atoms with Crippen LogP contribution < -0.4 is 4.90 Å². The molecule has 0 radical (unpaired) electrons. The molecule has 1 fully saturated rings. The lowest BCUT2D eigenvalue weighted by Crippen LogP contribution is -2.59. The van der Waals surface area contributed by atoms with Crippen molar-refractivity contribution in [2.24, 2.45) is 0 Å². The highest BCUT2D eigenvalue weighted by atomic mass is 19.4. The van der Waals surface area contributed by atoms with E-state index in [1.807, 2.05) is 0 Å². The third-order valence-corrected chi connectivity index (χ3v) is 4.71. The van der Waals surface area contributed by atoms with E-state index < -0.39 is 47.7 Å². The maximum atomic E-state index is 13.0. The standard InChI is InChI=1S/C19H15F6NO4/c20-18(21,22)11-5-10(6-12(7-11)19(23,24)25)9-1-3-13(4-2-9)26-8-14(27)15(28)16(29)17(26)30/h1-7,14-16,27-29H,8H2/t14-,15+,16+/m0/s1. The van der Waals surface area contributed by atoms with Crippen LogP contribution in [0.2, 0.25) is 0 Å². The molecule has 11 heteroatoms. The Hall–Kier alpha value is -2.63. The van der Waals surface area contributed by atoms with Crippen molar-refractivity contribution < 1.29 is 46.5 Å². The number of anilines is 1. The zero-order valence-electron chi connectivity index (χ0n) is 14.9. The van der Waals surface area contributed by atoms with E-state index in [4.69, 9.17) is 0 Å². The van der Waals surface area contributed by atoms with Crippen LogP contribution in [0.5, 0.6) is 0 Å². The van der Waals surface area contributed by atoms with Gasteiger partial charge in [-0.25, -0.2) is 0 Å². The van der Waals surface area contributed by atoms with Gasteiger partial charge in [-0.3, -0.25) is 4.79 Å². The second kappa shape index (κ2) is 7.56. The van der Waals surface area contributed by atoms with Crippen molar-refractivity contribution in [2.45, 2.75) is 30.7 Å². The Morgan fingerprint density at radius 1 is 0.800 bits per heavy atom. The molecule has 1 heterocycles. The van der Waals surface area contributed by atoms with Crippen molar-refractivity contribution in [3.63, 3.8) is 0 Å². The molecule has 1 amide bonds. The van der Waals surface area contributed by atoms with Gasteiger partial charge in [-0.2, -0.15) is 26.3 Å². The highest BCUT2D eigenvalue weighted by molar-refractivity contribution is 5.98. The molecule has 5 nitrogen and oxygen atoms in total.